The Labute approximate surface area is 132 Å². The summed E-state index contributed by atoms with van der Waals surface area (Å²) in [5.74, 6) is 1.41. The van der Waals surface area contributed by atoms with Gasteiger partial charge in [0.15, 0.2) is 0 Å². The first-order valence-corrected chi connectivity index (χ1v) is 7.95. The Kier molecular flexibility index (Phi) is 2.64. The maximum absolute atomic E-state index is 5.47. The number of hydrogen-bond donors (Lipinski definition) is 0. The van der Waals surface area contributed by atoms with Gasteiger partial charge in [-0.2, -0.15) is 0 Å². The van der Waals surface area contributed by atoms with Crippen molar-refractivity contribution in [2.24, 2.45) is 0 Å². The first-order valence-electron chi connectivity index (χ1n) is 7.95. The highest BCUT2D eigenvalue weighted by molar-refractivity contribution is 5.68. The highest BCUT2D eigenvalue weighted by Crippen LogP contribution is 2.61. The van der Waals surface area contributed by atoms with Crippen LogP contribution in [0.2, 0.25) is 0 Å². The van der Waals surface area contributed by atoms with Gasteiger partial charge < -0.3 is 4.74 Å². The van der Waals surface area contributed by atoms with E-state index in [-0.39, 0.29) is 10.8 Å². The van der Waals surface area contributed by atoms with E-state index in [0.29, 0.717) is 5.92 Å². The minimum atomic E-state index is 0.0550. The van der Waals surface area contributed by atoms with E-state index in [9.17, 15) is 0 Å². The first kappa shape index (κ1) is 13.6. The molecule has 4 rings (SSSR count). The molecule has 2 aromatic rings. The largest absolute Gasteiger partial charge is 0.497 e. The summed E-state index contributed by atoms with van der Waals surface area (Å²) >= 11 is 0. The standard InChI is InChI=1S/C21H22O/c1-20(2)18-13-15(22-4)9-10-17(18)21(3)12-11-14-7-5-6-8-16(14)19(20)21/h5-13,19H,1-4H3/t19-,21+/m0/s1. The van der Waals surface area contributed by atoms with Gasteiger partial charge in [0.25, 0.3) is 0 Å². The molecule has 0 bridgehead atoms. The molecule has 2 aliphatic rings. The molecule has 0 heterocycles. The van der Waals surface area contributed by atoms with E-state index in [4.69, 9.17) is 4.74 Å². The zero-order valence-corrected chi connectivity index (χ0v) is 13.7. The fraction of sp³-hybridized carbons (Fsp3) is 0.333. The molecule has 0 amide bonds. The molecule has 0 aromatic heterocycles. The maximum atomic E-state index is 5.47. The monoisotopic (exact) mass is 290 g/mol. The molecule has 22 heavy (non-hydrogen) atoms. The van der Waals surface area contributed by atoms with Crippen molar-refractivity contribution in [2.45, 2.75) is 37.5 Å². The predicted molar refractivity (Wildman–Crippen MR) is 91.6 cm³/mol. The molecular formula is C21H22O. The van der Waals surface area contributed by atoms with Gasteiger partial charge in [-0.3, -0.25) is 0 Å². The highest BCUT2D eigenvalue weighted by atomic mass is 16.5. The topological polar surface area (TPSA) is 9.23 Å². The van der Waals surface area contributed by atoms with Gasteiger partial charge in [-0.1, -0.05) is 63.3 Å². The molecule has 0 fully saturated rings. The molecule has 0 unspecified atom stereocenters. The van der Waals surface area contributed by atoms with Crippen LogP contribution >= 0.6 is 0 Å². The van der Waals surface area contributed by atoms with Crippen LogP contribution in [0, 0.1) is 0 Å². The lowest BCUT2D eigenvalue weighted by Crippen LogP contribution is -2.34. The summed E-state index contributed by atoms with van der Waals surface area (Å²) in [4.78, 5) is 0. The van der Waals surface area contributed by atoms with E-state index in [2.05, 4.69) is 75.4 Å². The molecule has 112 valence electrons. The number of ether oxygens (including phenoxy) is 1. The second-order valence-electron chi connectivity index (χ2n) is 7.31. The van der Waals surface area contributed by atoms with Crippen molar-refractivity contribution >= 4 is 6.08 Å². The van der Waals surface area contributed by atoms with Crippen molar-refractivity contribution in [3.63, 3.8) is 0 Å². The van der Waals surface area contributed by atoms with Gasteiger partial charge in [0.05, 0.1) is 7.11 Å². The van der Waals surface area contributed by atoms with Crippen LogP contribution in [0.25, 0.3) is 6.08 Å². The van der Waals surface area contributed by atoms with E-state index < -0.39 is 0 Å². The van der Waals surface area contributed by atoms with Gasteiger partial charge in [-0.05, 0) is 39.8 Å². The zero-order chi connectivity index (χ0) is 15.5. The fourth-order valence-corrected chi connectivity index (χ4v) is 4.80. The van der Waals surface area contributed by atoms with Gasteiger partial charge in [0.2, 0.25) is 0 Å². The lowest BCUT2D eigenvalue weighted by Gasteiger charge is -2.40. The average molecular weight is 290 g/mol. The summed E-state index contributed by atoms with van der Waals surface area (Å²) in [6.45, 7) is 7.12. The normalized spacial score (nSPS) is 27.0. The van der Waals surface area contributed by atoms with Crippen LogP contribution in [0.5, 0.6) is 5.75 Å². The summed E-state index contributed by atoms with van der Waals surface area (Å²) in [6, 6.07) is 15.4. The molecule has 0 saturated carbocycles. The van der Waals surface area contributed by atoms with E-state index in [1.807, 2.05) is 0 Å². The smallest absolute Gasteiger partial charge is 0.119 e. The maximum Gasteiger partial charge on any atom is 0.119 e. The van der Waals surface area contributed by atoms with Crippen LogP contribution < -0.4 is 4.74 Å². The van der Waals surface area contributed by atoms with Crippen molar-refractivity contribution < 1.29 is 4.74 Å². The van der Waals surface area contributed by atoms with Crippen LogP contribution in [0.1, 0.15) is 48.9 Å². The Balaban J connectivity index is 2.01. The van der Waals surface area contributed by atoms with E-state index >= 15 is 0 Å². The van der Waals surface area contributed by atoms with Gasteiger partial charge >= 0.3 is 0 Å². The van der Waals surface area contributed by atoms with Crippen LogP contribution in [0.15, 0.2) is 48.5 Å². The van der Waals surface area contributed by atoms with Crippen LogP contribution in [-0.2, 0) is 10.8 Å². The molecular weight excluding hydrogens is 268 g/mol. The van der Waals surface area contributed by atoms with Crippen LogP contribution in [0.3, 0.4) is 0 Å². The summed E-state index contributed by atoms with van der Waals surface area (Å²) in [6.07, 6.45) is 4.70. The Hall–Kier alpha value is -2.02. The lowest BCUT2D eigenvalue weighted by atomic mass is 9.62. The Bertz CT molecular complexity index is 784. The highest BCUT2D eigenvalue weighted by Gasteiger charge is 2.54. The van der Waals surface area contributed by atoms with E-state index in [0.717, 1.165) is 5.75 Å². The molecule has 0 N–H and O–H groups in total. The molecule has 0 saturated heterocycles. The minimum Gasteiger partial charge on any atom is -0.497 e. The van der Waals surface area contributed by atoms with Crippen molar-refractivity contribution in [3.05, 3.63) is 70.8 Å². The fourth-order valence-electron chi connectivity index (χ4n) is 4.80. The molecule has 0 spiro atoms. The summed E-state index contributed by atoms with van der Waals surface area (Å²) < 4.78 is 5.47. The molecule has 1 nitrogen and oxygen atoms in total. The van der Waals surface area contributed by atoms with Crippen molar-refractivity contribution in [3.8, 4) is 5.75 Å². The second-order valence-corrected chi connectivity index (χ2v) is 7.31. The van der Waals surface area contributed by atoms with Crippen LogP contribution in [0.4, 0.5) is 0 Å². The molecule has 2 aromatic carbocycles. The third-order valence-electron chi connectivity index (χ3n) is 5.74. The number of rotatable bonds is 1. The molecule has 0 aliphatic heterocycles. The second kappa shape index (κ2) is 4.25. The Morgan fingerprint density at radius 3 is 2.50 bits per heavy atom. The number of hydrogen-bond acceptors (Lipinski definition) is 1. The summed E-state index contributed by atoms with van der Waals surface area (Å²) in [5, 5.41) is 0. The third kappa shape index (κ3) is 1.54. The lowest BCUT2D eigenvalue weighted by molar-refractivity contribution is 0.354. The molecule has 0 radical (unpaired) electrons. The Morgan fingerprint density at radius 1 is 0.955 bits per heavy atom. The zero-order valence-electron chi connectivity index (χ0n) is 13.7. The minimum absolute atomic E-state index is 0.0550. The van der Waals surface area contributed by atoms with Gasteiger partial charge in [0.1, 0.15) is 5.75 Å². The van der Waals surface area contributed by atoms with Gasteiger partial charge in [-0.15, -0.1) is 0 Å². The van der Waals surface area contributed by atoms with E-state index in [1.165, 1.54) is 22.3 Å². The predicted octanol–water partition coefficient (Wildman–Crippen LogP) is 5.05. The summed E-state index contributed by atoms with van der Waals surface area (Å²) in [7, 11) is 1.74. The Morgan fingerprint density at radius 2 is 1.73 bits per heavy atom. The first-order chi connectivity index (χ1) is 10.5. The molecule has 1 heteroatoms. The number of allylic oxidation sites excluding steroid dienone is 1. The van der Waals surface area contributed by atoms with Crippen molar-refractivity contribution in [2.75, 3.05) is 7.11 Å². The number of methoxy groups -OCH3 is 1. The quantitative estimate of drug-likeness (QED) is 0.713. The van der Waals surface area contributed by atoms with E-state index in [1.54, 1.807) is 7.11 Å². The average Bonchev–Trinajstić information content (AvgIpc) is 2.71. The van der Waals surface area contributed by atoms with Crippen molar-refractivity contribution in [1.82, 2.24) is 0 Å². The van der Waals surface area contributed by atoms with Gasteiger partial charge in [-0.25, -0.2) is 0 Å². The van der Waals surface area contributed by atoms with Crippen molar-refractivity contribution in [1.29, 1.82) is 0 Å². The third-order valence-corrected chi connectivity index (χ3v) is 5.74. The molecule has 2 atom stereocenters. The molecule has 2 aliphatic carbocycles. The van der Waals surface area contributed by atoms with Gasteiger partial charge in [0, 0.05) is 11.3 Å². The SMILES string of the molecule is COc1ccc2c(c1)C(C)(C)[C@@H]1c3ccccc3C=C[C@]21C. The number of fused-ring (bicyclic) bond motifs is 5. The van der Waals surface area contributed by atoms with Crippen LogP contribution in [-0.4, -0.2) is 7.11 Å². The number of benzene rings is 2. The summed E-state index contributed by atoms with van der Waals surface area (Å²) in [5.41, 5.74) is 5.82.